The molecule has 1 N–H and O–H groups in total. The van der Waals surface area contributed by atoms with Gasteiger partial charge in [0.15, 0.2) is 5.65 Å². The van der Waals surface area contributed by atoms with Gasteiger partial charge >= 0.3 is 0 Å². The van der Waals surface area contributed by atoms with Gasteiger partial charge in [0.2, 0.25) is 5.91 Å². The van der Waals surface area contributed by atoms with Crippen LogP contribution in [0.25, 0.3) is 5.65 Å². The standard InChI is InChI=1S/C24H33N5O2/c1-16(2)23(30)28-12-10-18-20(15-28)25-22-13-19(26-29(22)24(18)31)21-9-6-11-27(21)14-17-7-4-3-5-8-17/h3-4,13,16-17,21,26H,5-12,14-15H2,1-2H3/t17-,21+/m1/s1. The molecule has 0 saturated carbocycles. The maximum atomic E-state index is 13.2. The fourth-order valence-electron chi connectivity index (χ4n) is 5.49. The number of carbonyl (C=O) groups excluding carboxylic acids is 1. The highest BCUT2D eigenvalue weighted by Crippen LogP contribution is 2.33. The second kappa shape index (κ2) is 8.26. The number of amides is 1. The van der Waals surface area contributed by atoms with Gasteiger partial charge in [-0.25, -0.2) is 9.50 Å². The number of hydrogen-bond acceptors (Lipinski definition) is 4. The Hall–Kier alpha value is -2.41. The Morgan fingerprint density at radius 3 is 2.90 bits per heavy atom. The number of aromatic amines is 1. The van der Waals surface area contributed by atoms with Gasteiger partial charge in [0.1, 0.15) is 0 Å². The van der Waals surface area contributed by atoms with Crippen LogP contribution in [0.2, 0.25) is 0 Å². The number of nitrogens with one attached hydrogen (secondary N) is 1. The molecule has 2 atom stereocenters. The number of rotatable bonds is 4. The van der Waals surface area contributed by atoms with E-state index >= 15 is 0 Å². The highest BCUT2D eigenvalue weighted by Gasteiger charge is 2.31. The van der Waals surface area contributed by atoms with Crippen molar-refractivity contribution in [1.29, 1.82) is 0 Å². The first-order valence-electron chi connectivity index (χ1n) is 11.8. The summed E-state index contributed by atoms with van der Waals surface area (Å²) in [5, 5.41) is 3.38. The number of H-pyrrole nitrogens is 1. The summed E-state index contributed by atoms with van der Waals surface area (Å²) in [6.07, 6.45) is 11.1. The summed E-state index contributed by atoms with van der Waals surface area (Å²) in [6.45, 7) is 7.09. The van der Waals surface area contributed by atoms with E-state index in [0.29, 0.717) is 31.2 Å². The molecule has 7 heteroatoms. The van der Waals surface area contributed by atoms with Crippen molar-refractivity contribution in [3.8, 4) is 0 Å². The molecule has 1 saturated heterocycles. The van der Waals surface area contributed by atoms with Gasteiger partial charge < -0.3 is 4.90 Å². The number of carbonyl (C=O) groups is 1. The van der Waals surface area contributed by atoms with Gasteiger partial charge in [-0.05, 0) is 51.0 Å². The predicted octanol–water partition coefficient (Wildman–Crippen LogP) is 3.06. The zero-order valence-electron chi connectivity index (χ0n) is 18.6. The van der Waals surface area contributed by atoms with Gasteiger partial charge in [-0.3, -0.25) is 19.6 Å². The van der Waals surface area contributed by atoms with Crippen LogP contribution in [-0.2, 0) is 17.8 Å². The third-order valence-electron chi connectivity index (χ3n) is 7.18. The van der Waals surface area contributed by atoms with E-state index in [1.165, 1.54) is 25.7 Å². The Labute approximate surface area is 183 Å². The largest absolute Gasteiger partial charge is 0.336 e. The van der Waals surface area contributed by atoms with Crippen molar-refractivity contribution >= 4 is 11.6 Å². The molecule has 1 amide bonds. The molecule has 7 nitrogen and oxygen atoms in total. The summed E-state index contributed by atoms with van der Waals surface area (Å²) < 4.78 is 1.62. The average Bonchev–Trinajstić information content (AvgIpc) is 3.40. The molecule has 0 spiro atoms. The lowest BCUT2D eigenvalue weighted by Gasteiger charge is -2.29. The summed E-state index contributed by atoms with van der Waals surface area (Å²) in [6, 6.07) is 2.37. The van der Waals surface area contributed by atoms with Crippen molar-refractivity contribution in [2.45, 2.75) is 65.0 Å². The number of hydrogen-bond donors (Lipinski definition) is 1. The van der Waals surface area contributed by atoms with E-state index in [1.54, 1.807) is 4.52 Å². The first-order valence-corrected chi connectivity index (χ1v) is 11.8. The van der Waals surface area contributed by atoms with Gasteiger partial charge in [0.25, 0.3) is 5.56 Å². The Kier molecular flexibility index (Phi) is 5.46. The highest BCUT2D eigenvalue weighted by molar-refractivity contribution is 5.78. The lowest BCUT2D eigenvalue weighted by atomic mass is 9.93. The van der Waals surface area contributed by atoms with Gasteiger partial charge in [0, 0.05) is 30.6 Å². The summed E-state index contributed by atoms with van der Waals surface area (Å²) in [4.78, 5) is 34.8. The zero-order chi connectivity index (χ0) is 21.5. The molecule has 0 aromatic carbocycles. The second-order valence-corrected chi connectivity index (χ2v) is 9.72. The van der Waals surface area contributed by atoms with Gasteiger partial charge in [-0.15, -0.1) is 0 Å². The monoisotopic (exact) mass is 423 g/mol. The van der Waals surface area contributed by atoms with E-state index in [4.69, 9.17) is 4.98 Å². The normalized spacial score (nSPS) is 24.3. The number of fused-ring (bicyclic) bond motifs is 2. The van der Waals surface area contributed by atoms with Gasteiger partial charge in [-0.1, -0.05) is 26.0 Å². The molecule has 166 valence electrons. The molecule has 0 radical (unpaired) electrons. The number of aromatic nitrogens is 3. The molecule has 4 heterocycles. The fourth-order valence-corrected chi connectivity index (χ4v) is 5.49. The van der Waals surface area contributed by atoms with Crippen molar-refractivity contribution in [2.75, 3.05) is 19.6 Å². The van der Waals surface area contributed by atoms with Crippen molar-refractivity contribution in [1.82, 2.24) is 24.4 Å². The van der Waals surface area contributed by atoms with Crippen molar-refractivity contribution in [3.05, 3.63) is 45.5 Å². The molecular formula is C24H33N5O2. The maximum absolute atomic E-state index is 13.2. The van der Waals surface area contributed by atoms with E-state index in [2.05, 4.69) is 28.2 Å². The Morgan fingerprint density at radius 2 is 2.13 bits per heavy atom. The van der Waals surface area contributed by atoms with Crippen molar-refractivity contribution in [3.63, 3.8) is 0 Å². The smallest absolute Gasteiger partial charge is 0.276 e. The quantitative estimate of drug-likeness (QED) is 0.767. The Morgan fingerprint density at radius 1 is 1.26 bits per heavy atom. The van der Waals surface area contributed by atoms with Crippen LogP contribution in [0.4, 0.5) is 0 Å². The minimum atomic E-state index is -0.0433. The fraction of sp³-hybridized carbons (Fsp3) is 0.625. The van der Waals surface area contributed by atoms with E-state index in [0.717, 1.165) is 42.4 Å². The van der Waals surface area contributed by atoms with E-state index in [-0.39, 0.29) is 17.4 Å². The lowest BCUT2D eigenvalue weighted by Crippen LogP contribution is -2.41. The number of allylic oxidation sites excluding steroid dienone is 2. The molecule has 1 fully saturated rings. The number of likely N-dealkylation sites (tertiary alicyclic amines) is 1. The van der Waals surface area contributed by atoms with Crippen LogP contribution in [0.15, 0.2) is 23.0 Å². The Bertz CT molecular complexity index is 1070. The summed E-state index contributed by atoms with van der Waals surface area (Å²) in [7, 11) is 0. The van der Waals surface area contributed by atoms with E-state index in [1.807, 2.05) is 18.7 Å². The second-order valence-electron chi connectivity index (χ2n) is 9.72. The SMILES string of the molecule is CC(C)C(=O)N1CCc2c(nc3cc([C@@H]4CCCN4C[C@@H]4CC=CCC4)[nH]n3c2=O)C1. The minimum Gasteiger partial charge on any atom is -0.336 e. The summed E-state index contributed by atoms with van der Waals surface area (Å²) in [5.41, 5.74) is 3.25. The zero-order valence-corrected chi connectivity index (χ0v) is 18.6. The molecule has 1 aliphatic carbocycles. The molecule has 3 aliphatic rings. The highest BCUT2D eigenvalue weighted by atomic mass is 16.2. The van der Waals surface area contributed by atoms with E-state index in [9.17, 15) is 9.59 Å². The Balaban J connectivity index is 1.41. The van der Waals surface area contributed by atoms with Gasteiger partial charge in [0.05, 0.1) is 24.0 Å². The minimum absolute atomic E-state index is 0.00939. The molecule has 5 rings (SSSR count). The molecule has 0 bridgehead atoms. The van der Waals surface area contributed by atoms with Crippen LogP contribution in [0.3, 0.4) is 0 Å². The van der Waals surface area contributed by atoms with E-state index < -0.39 is 0 Å². The van der Waals surface area contributed by atoms with Crippen LogP contribution in [-0.4, -0.2) is 49.9 Å². The summed E-state index contributed by atoms with van der Waals surface area (Å²) >= 11 is 0. The summed E-state index contributed by atoms with van der Waals surface area (Å²) in [5.74, 6) is 0.812. The van der Waals surface area contributed by atoms with Crippen LogP contribution in [0.1, 0.15) is 68.9 Å². The first kappa shape index (κ1) is 20.5. The van der Waals surface area contributed by atoms with Gasteiger partial charge in [-0.2, -0.15) is 0 Å². The molecule has 31 heavy (non-hydrogen) atoms. The first-order chi connectivity index (χ1) is 15.0. The van der Waals surface area contributed by atoms with Crippen LogP contribution < -0.4 is 5.56 Å². The number of nitrogens with zero attached hydrogens (tertiary/aromatic N) is 4. The van der Waals surface area contributed by atoms with Crippen LogP contribution in [0.5, 0.6) is 0 Å². The lowest BCUT2D eigenvalue weighted by molar-refractivity contribution is -0.135. The van der Waals surface area contributed by atoms with Crippen molar-refractivity contribution < 1.29 is 4.79 Å². The predicted molar refractivity (Wildman–Crippen MR) is 120 cm³/mol. The van der Waals surface area contributed by atoms with Crippen molar-refractivity contribution in [2.24, 2.45) is 11.8 Å². The molecule has 2 aliphatic heterocycles. The van der Waals surface area contributed by atoms with Crippen LogP contribution in [0, 0.1) is 11.8 Å². The topological polar surface area (TPSA) is 73.7 Å². The third-order valence-corrected chi connectivity index (χ3v) is 7.18. The molecular weight excluding hydrogens is 390 g/mol. The molecule has 2 aromatic heterocycles. The molecule has 2 aromatic rings. The molecule has 0 unspecified atom stereocenters. The third kappa shape index (κ3) is 3.84. The average molecular weight is 424 g/mol. The maximum Gasteiger partial charge on any atom is 0.276 e. The van der Waals surface area contributed by atoms with Crippen LogP contribution >= 0.6 is 0 Å².